The number of hydrogen-bond acceptors (Lipinski definition) is 5. The molecule has 0 saturated carbocycles. The summed E-state index contributed by atoms with van der Waals surface area (Å²) in [4.78, 5) is 21.1. The second-order valence-corrected chi connectivity index (χ2v) is 4.26. The largest absolute Gasteiger partial charge is 0.476 e. The Bertz CT molecular complexity index is 698. The molecule has 0 unspecified atom stereocenters. The van der Waals surface area contributed by atoms with Gasteiger partial charge in [-0.25, -0.2) is 9.48 Å². The van der Waals surface area contributed by atoms with Crippen LogP contribution in [-0.4, -0.2) is 31.0 Å². The van der Waals surface area contributed by atoms with E-state index in [1.807, 2.05) is 0 Å². The number of benzene rings is 1. The number of carboxylic acids is 1. The van der Waals surface area contributed by atoms with E-state index in [2.05, 4.69) is 10.3 Å². The van der Waals surface area contributed by atoms with Gasteiger partial charge in [-0.3, -0.25) is 10.1 Å². The number of nitro groups is 1. The van der Waals surface area contributed by atoms with Crippen LogP contribution in [0.5, 0.6) is 0 Å². The van der Waals surface area contributed by atoms with Crippen LogP contribution in [0.25, 0.3) is 5.69 Å². The quantitative estimate of drug-likeness (QED) is 0.683. The van der Waals surface area contributed by atoms with Gasteiger partial charge in [-0.1, -0.05) is 23.7 Å². The van der Waals surface area contributed by atoms with Crippen molar-refractivity contribution in [3.05, 3.63) is 44.7 Å². The first-order chi connectivity index (χ1) is 9.45. The van der Waals surface area contributed by atoms with Crippen molar-refractivity contribution in [3.8, 4) is 5.69 Å². The minimum Gasteiger partial charge on any atom is -0.476 e. The summed E-state index contributed by atoms with van der Waals surface area (Å²) >= 11 is 5.82. The number of aromatic carboxylic acids is 1. The van der Waals surface area contributed by atoms with E-state index in [0.717, 1.165) is 0 Å². The third-order valence-electron chi connectivity index (χ3n) is 2.67. The van der Waals surface area contributed by atoms with Crippen molar-refractivity contribution in [1.82, 2.24) is 15.0 Å². The van der Waals surface area contributed by atoms with Crippen LogP contribution in [0, 0.1) is 10.1 Å². The van der Waals surface area contributed by atoms with Crippen molar-refractivity contribution in [2.75, 3.05) is 0 Å². The van der Waals surface area contributed by atoms with Gasteiger partial charge in [0.05, 0.1) is 16.3 Å². The Morgan fingerprint density at radius 1 is 1.55 bits per heavy atom. The average Bonchev–Trinajstić information content (AvgIpc) is 2.81. The number of nitro benzene ring substituents is 1. The van der Waals surface area contributed by atoms with Gasteiger partial charge in [0.15, 0.2) is 5.69 Å². The van der Waals surface area contributed by atoms with Crippen LogP contribution in [0.4, 0.5) is 5.69 Å². The third-order valence-corrected chi connectivity index (χ3v) is 2.98. The number of carbonyl (C=O) groups is 1. The van der Waals surface area contributed by atoms with Crippen LogP contribution >= 0.6 is 11.6 Å². The van der Waals surface area contributed by atoms with Crippen LogP contribution in [-0.2, 0) is 6.42 Å². The highest BCUT2D eigenvalue weighted by Crippen LogP contribution is 2.27. The van der Waals surface area contributed by atoms with Crippen molar-refractivity contribution in [2.45, 2.75) is 13.3 Å². The highest BCUT2D eigenvalue weighted by molar-refractivity contribution is 6.32. The monoisotopic (exact) mass is 296 g/mol. The maximum absolute atomic E-state index is 11.0. The van der Waals surface area contributed by atoms with Gasteiger partial charge in [0.25, 0.3) is 5.69 Å². The molecule has 8 nitrogen and oxygen atoms in total. The van der Waals surface area contributed by atoms with Gasteiger partial charge >= 0.3 is 5.97 Å². The van der Waals surface area contributed by atoms with Crippen molar-refractivity contribution in [2.24, 2.45) is 0 Å². The molecule has 9 heteroatoms. The number of carboxylic acid groups (broad SMARTS) is 1. The molecule has 0 atom stereocenters. The maximum atomic E-state index is 11.0. The van der Waals surface area contributed by atoms with Crippen LogP contribution in [0.1, 0.15) is 23.1 Å². The Balaban J connectivity index is 2.55. The second-order valence-electron chi connectivity index (χ2n) is 3.85. The predicted octanol–water partition coefficient (Wildman–Crippen LogP) is 2.09. The summed E-state index contributed by atoms with van der Waals surface area (Å²) in [5.41, 5.74) is 0.425. The minimum absolute atomic E-state index is 0.0538. The Labute approximate surface area is 117 Å². The smallest absolute Gasteiger partial charge is 0.358 e. The zero-order chi connectivity index (χ0) is 14.9. The van der Waals surface area contributed by atoms with Crippen LogP contribution in [0.2, 0.25) is 5.02 Å². The Morgan fingerprint density at radius 3 is 2.75 bits per heavy atom. The number of nitrogens with zero attached hydrogens (tertiary/aromatic N) is 4. The van der Waals surface area contributed by atoms with Gasteiger partial charge in [0.2, 0.25) is 0 Å². The van der Waals surface area contributed by atoms with E-state index in [1.165, 1.54) is 22.9 Å². The molecule has 0 saturated heterocycles. The summed E-state index contributed by atoms with van der Waals surface area (Å²) in [6.45, 7) is 1.76. The van der Waals surface area contributed by atoms with Gasteiger partial charge in [0, 0.05) is 6.07 Å². The number of rotatable bonds is 4. The van der Waals surface area contributed by atoms with E-state index < -0.39 is 10.9 Å². The Hall–Kier alpha value is -2.48. The molecule has 1 aromatic heterocycles. The van der Waals surface area contributed by atoms with Gasteiger partial charge in [0.1, 0.15) is 5.02 Å². The van der Waals surface area contributed by atoms with E-state index in [4.69, 9.17) is 16.7 Å². The first-order valence-electron chi connectivity index (χ1n) is 5.57. The molecular weight excluding hydrogens is 288 g/mol. The van der Waals surface area contributed by atoms with E-state index in [1.54, 1.807) is 6.92 Å². The fourth-order valence-corrected chi connectivity index (χ4v) is 2.01. The van der Waals surface area contributed by atoms with Crippen molar-refractivity contribution >= 4 is 23.3 Å². The minimum atomic E-state index is -1.18. The summed E-state index contributed by atoms with van der Waals surface area (Å²) in [6, 6.07) is 4.02. The standard InChI is InChI=1S/C11H9ClN4O4/c1-2-8-10(11(17)18)13-14-15(8)6-3-4-9(16(19)20)7(12)5-6/h3-5H,2H2,1H3,(H,17,18). The molecule has 0 radical (unpaired) electrons. The van der Waals surface area contributed by atoms with Crippen molar-refractivity contribution in [3.63, 3.8) is 0 Å². The molecule has 0 amide bonds. The SMILES string of the molecule is CCc1c(C(=O)O)nnn1-c1ccc([N+](=O)[O-])c(Cl)c1. The number of hydrogen-bond donors (Lipinski definition) is 1. The number of aromatic nitrogens is 3. The van der Waals surface area contributed by atoms with Gasteiger partial charge in [-0.15, -0.1) is 5.10 Å². The lowest BCUT2D eigenvalue weighted by Crippen LogP contribution is -2.06. The fourth-order valence-electron chi connectivity index (χ4n) is 1.77. The topological polar surface area (TPSA) is 111 Å². The summed E-state index contributed by atoms with van der Waals surface area (Å²) in [6.07, 6.45) is 0.392. The highest BCUT2D eigenvalue weighted by atomic mass is 35.5. The first-order valence-corrected chi connectivity index (χ1v) is 5.95. The molecule has 1 N–H and O–H groups in total. The molecule has 0 bridgehead atoms. The predicted molar refractivity (Wildman–Crippen MR) is 69.4 cm³/mol. The van der Waals surface area contributed by atoms with E-state index >= 15 is 0 Å². The Kier molecular flexibility index (Phi) is 3.66. The molecule has 0 fully saturated rings. The van der Waals surface area contributed by atoms with Gasteiger partial charge < -0.3 is 5.11 Å². The zero-order valence-corrected chi connectivity index (χ0v) is 11.0. The molecular formula is C11H9ClN4O4. The summed E-state index contributed by atoms with van der Waals surface area (Å²) < 4.78 is 1.30. The lowest BCUT2D eigenvalue weighted by molar-refractivity contribution is -0.384. The molecule has 20 heavy (non-hydrogen) atoms. The van der Waals surface area contributed by atoms with E-state index in [0.29, 0.717) is 17.8 Å². The highest BCUT2D eigenvalue weighted by Gasteiger charge is 2.20. The normalized spacial score (nSPS) is 10.5. The summed E-state index contributed by atoms with van der Waals surface area (Å²) in [5.74, 6) is -1.18. The van der Waals surface area contributed by atoms with Crippen molar-refractivity contribution < 1.29 is 14.8 Å². The van der Waals surface area contributed by atoms with E-state index in [-0.39, 0.29) is 16.4 Å². The summed E-state index contributed by atoms with van der Waals surface area (Å²) in [5, 5.41) is 27.0. The van der Waals surface area contributed by atoms with Crippen LogP contribution in [0.3, 0.4) is 0 Å². The molecule has 2 aromatic rings. The number of halogens is 1. The maximum Gasteiger partial charge on any atom is 0.358 e. The molecule has 0 spiro atoms. The molecule has 2 rings (SSSR count). The fraction of sp³-hybridized carbons (Fsp3) is 0.182. The third kappa shape index (κ3) is 2.32. The second kappa shape index (κ2) is 5.25. The zero-order valence-electron chi connectivity index (χ0n) is 10.3. The van der Waals surface area contributed by atoms with E-state index in [9.17, 15) is 14.9 Å². The Morgan fingerprint density at radius 2 is 2.25 bits per heavy atom. The van der Waals surface area contributed by atoms with Crippen LogP contribution < -0.4 is 0 Å². The lowest BCUT2D eigenvalue weighted by atomic mass is 10.2. The van der Waals surface area contributed by atoms with Crippen LogP contribution in [0.15, 0.2) is 18.2 Å². The van der Waals surface area contributed by atoms with Gasteiger partial charge in [-0.05, 0) is 18.6 Å². The molecule has 1 aromatic carbocycles. The molecule has 104 valence electrons. The molecule has 0 aliphatic carbocycles. The molecule has 0 aliphatic heterocycles. The molecule has 0 aliphatic rings. The van der Waals surface area contributed by atoms with Crippen molar-refractivity contribution in [1.29, 1.82) is 0 Å². The lowest BCUT2D eigenvalue weighted by Gasteiger charge is -2.05. The van der Waals surface area contributed by atoms with Gasteiger partial charge in [-0.2, -0.15) is 0 Å². The first kappa shape index (κ1) is 13.9. The molecule has 1 heterocycles. The average molecular weight is 297 g/mol. The summed E-state index contributed by atoms with van der Waals surface area (Å²) in [7, 11) is 0.